The first-order chi connectivity index (χ1) is 18.2. The van der Waals surface area contributed by atoms with Crippen LogP contribution >= 0.6 is 23.2 Å². The second kappa shape index (κ2) is 10.3. The Morgan fingerprint density at radius 1 is 0.641 bits per heavy atom. The molecular formula is C20H15Cl2N9O6S2. The molecule has 0 aliphatic heterocycles. The van der Waals surface area contributed by atoms with E-state index in [1.165, 1.54) is 36.4 Å². The van der Waals surface area contributed by atoms with E-state index in [0.29, 0.717) is 0 Å². The minimum atomic E-state index is -5.06. The first kappa shape index (κ1) is 28.0. The lowest BCUT2D eigenvalue weighted by Crippen LogP contribution is -2.14. The fourth-order valence-electron chi connectivity index (χ4n) is 3.63. The van der Waals surface area contributed by atoms with Crippen molar-refractivity contribution in [2.24, 2.45) is 0 Å². The van der Waals surface area contributed by atoms with Crippen molar-refractivity contribution in [2.45, 2.75) is 9.79 Å². The van der Waals surface area contributed by atoms with Crippen LogP contribution < -0.4 is 17.2 Å². The van der Waals surface area contributed by atoms with E-state index in [4.69, 9.17) is 40.4 Å². The van der Waals surface area contributed by atoms with Crippen LogP contribution in [0.1, 0.15) is 22.8 Å². The van der Waals surface area contributed by atoms with Crippen LogP contribution in [0.4, 0.5) is 17.6 Å². The summed E-state index contributed by atoms with van der Waals surface area (Å²) in [5.41, 5.74) is 15.7. The lowest BCUT2D eigenvalue weighted by atomic mass is 9.92. The maximum atomic E-state index is 12.5. The number of benzene rings is 2. The van der Waals surface area contributed by atoms with Gasteiger partial charge in [-0.2, -0.15) is 46.7 Å². The number of rotatable bonds is 6. The molecule has 202 valence electrons. The highest BCUT2D eigenvalue weighted by Gasteiger charge is 2.31. The Morgan fingerprint density at radius 3 is 1.62 bits per heavy atom. The molecular weight excluding hydrogens is 597 g/mol. The molecule has 0 aliphatic rings. The number of aromatic nitrogens is 6. The van der Waals surface area contributed by atoms with Gasteiger partial charge >= 0.3 is 0 Å². The number of hydrogen-bond acceptors (Lipinski definition) is 13. The van der Waals surface area contributed by atoms with Gasteiger partial charge in [-0.3, -0.25) is 9.11 Å². The van der Waals surface area contributed by atoms with Crippen LogP contribution in [0.5, 0.6) is 0 Å². The second-order valence-electron chi connectivity index (χ2n) is 7.49. The van der Waals surface area contributed by atoms with E-state index >= 15 is 0 Å². The Kier molecular flexibility index (Phi) is 7.39. The van der Waals surface area contributed by atoms with E-state index in [1.54, 1.807) is 0 Å². The van der Waals surface area contributed by atoms with Crippen molar-refractivity contribution in [3.63, 3.8) is 0 Å². The van der Waals surface area contributed by atoms with Crippen LogP contribution in [0.3, 0.4) is 0 Å². The molecule has 8 N–H and O–H groups in total. The minimum absolute atomic E-state index is 0.296. The van der Waals surface area contributed by atoms with Crippen molar-refractivity contribution >= 4 is 72.2 Å². The lowest BCUT2D eigenvalue weighted by molar-refractivity contribution is 0.480. The fraction of sp³-hybridized carbons (Fsp3) is 0. The van der Waals surface area contributed by atoms with E-state index in [0.717, 1.165) is 6.07 Å². The highest BCUT2D eigenvalue weighted by Crippen LogP contribution is 2.40. The predicted molar refractivity (Wildman–Crippen MR) is 140 cm³/mol. The van der Waals surface area contributed by atoms with Crippen LogP contribution in [-0.2, 0) is 20.2 Å². The number of hydrogen-bond donors (Lipinski definition) is 5. The van der Waals surface area contributed by atoms with Gasteiger partial charge < -0.3 is 17.2 Å². The zero-order valence-corrected chi connectivity index (χ0v) is 22.2. The molecule has 15 nitrogen and oxygen atoms in total. The molecule has 0 aliphatic carbocycles. The summed E-state index contributed by atoms with van der Waals surface area (Å²) in [4.78, 5) is 21.9. The molecule has 0 amide bonds. The standard InChI is InChI=1S/C20H15Cl2N9O6S2/c21-17-26-15(28-19(24)30-17)12(8-4-1-2-7-11(8)38(32,33)34)13(16-27-18(22)31-20(25)29-16)9-5-3-6-10(23)14(9)39(35,36)37/h1-7H,23H2,(H,32,33,34)(H,35,36,37)(H2,24,26,28,30)(H2,25,27,29,31). The Labute approximate surface area is 230 Å². The number of nitrogen functional groups attached to an aromatic ring is 3. The summed E-state index contributed by atoms with van der Waals surface area (Å²) >= 11 is 12.0. The number of nitrogens with two attached hydrogens (primary N) is 3. The molecule has 2 aromatic carbocycles. The van der Waals surface area contributed by atoms with Crippen molar-refractivity contribution in [3.8, 4) is 0 Å². The third-order valence-corrected chi connectivity index (χ3v) is 7.18. The van der Waals surface area contributed by atoms with Gasteiger partial charge in [-0.15, -0.1) is 0 Å². The normalized spacial score (nSPS) is 12.7. The number of anilines is 3. The van der Waals surface area contributed by atoms with Crippen LogP contribution in [0.15, 0.2) is 52.3 Å². The van der Waals surface area contributed by atoms with E-state index in [9.17, 15) is 25.9 Å². The minimum Gasteiger partial charge on any atom is -0.398 e. The Balaban J connectivity index is 2.39. The SMILES string of the molecule is Nc1nc(Cl)nc(C(=C(c2nc(N)nc(Cl)n2)c2cccc(N)c2S(=O)(=O)O)c2ccccc2S(=O)(=O)O)n1. The molecule has 0 fully saturated rings. The molecule has 0 radical (unpaired) electrons. The zero-order chi connectivity index (χ0) is 28.7. The highest BCUT2D eigenvalue weighted by atomic mass is 35.5. The Bertz CT molecular complexity index is 1850. The summed E-state index contributed by atoms with van der Waals surface area (Å²) in [6.07, 6.45) is 0. The van der Waals surface area contributed by atoms with Gasteiger partial charge in [0.25, 0.3) is 20.2 Å². The van der Waals surface area contributed by atoms with Crippen LogP contribution in [0, 0.1) is 0 Å². The van der Waals surface area contributed by atoms with Crippen molar-refractivity contribution in [1.82, 2.24) is 29.9 Å². The zero-order valence-electron chi connectivity index (χ0n) is 19.1. The van der Waals surface area contributed by atoms with Gasteiger partial charge in [0, 0.05) is 22.3 Å². The van der Waals surface area contributed by atoms with Crippen molar-refractivity contribution in [1.29, 1.82) is 0 Å². The van der Waals surface area contributed by atoms with Gasteiger partial charge in [0.15, 0.2) is 11.6 Å². The maximum Gasteiger partial charge on any atom is 0.297 e. The molecule has 0 atom stereocenters. The molecule has 39 heavy (non-hydrogen) atoms. The van der Waals surface area contributed by atoms with E-state index in [-0.39, 0.29) is 22.3 Å². The monoisotopic (exact) mass is 611 g/mol. The van der Waals surface area contributed by atoms with Crippen LogP contribution in [-0.4, -0.2) is 55.8 Å². The predicted octanol–water partition coefficient (Wildman–Crippen LogP) is 1.61. The molecule has 0 saturated heterocycles. The third-order valence-electron chi connectivity index (χ3n) is 4.96. The molecule has 4 rings (SSSR count). The van der Waals surface area contributed by atoms with Gasteiger partial charge in [-0.1, -0.05) is 30.3 Å². The van der Waals surface area contributed by atoms with Crippen molar-refractivity contribution in [2.75, 3.05) is 17.2 Å². The average molecular weight is 612 g/mol. The largest absolute Gasteiger partial charge is 0.398 e. The third kappa shape index (κ3) is 5.87. The number of nitrogens with zero attached hydrogens (tertiary/aromatic N) is 6. The summed E-state index contributed by atoms with van der Waals surface area (Å²) in [7, 11) is -9.99. The van der Waals surface area contributed by atoms with Crippen molar-refractivity contribution in [3.05, 3.63) is 75.8 Å². The van der Waals surface area contributed by atoms with E-state index < -0.39 is 69.8 Å². The first-order valence-electron chi connectivity index (χ1n) is 10.2. The topological polar surface area (TPSA) is 264 Å². The highest BCUT2D eigenvalue weighted by molar-refractivity contribution is 7.86. The van der Waals surface area contributed by atoms with E-state index in [2.05, 4.69) is 29.9 Å². The average Bonchev–Trinajstić information content (AvgIpc) is 2.79. The van der Waals surface area contributed by atoms with Gasteiger partial charge in [-0.05, 0) is 35.3 Å². The van der Waals surface area contributed by atoms with Gasteiger partial charge in [0.1, 0.15) is 9.79 Å². The molecule has 4 aromatic rings. The molecule has 2 aromatic heterocycles. The fourth-order valence-corrected chi connectivity index (χ4v) is 5.47. The molecule has 0 bridgehead atoms. The Morgan fingerprint density at radius 2 is 1.13 bits per heavy atom. The lowest BCUT2D eigenvalue weighted by Gasteiger charge is -2.19. The summed E-state index contributed by atoms with van der Waals surface area (Å²) in [5.74, 6) is -1.69. The molecule has 2 heterocycles. The molecule has 0 spiro atoms. The number of halogens is 2. The van der Waals surface area contributed by atoms with E-state index in [1.807, 2.05) is 0 Å². The Hall–Kier alpha value is -4.00. The van der Waals surface area contributed by atoms with Gasteiger partial charge in [0.2, 0.25) is 22.5 Å². The molecule has 0 saturated carbocycles. The summed E-state index contributed by atoms with van der Waals surface area (Å²) < 4.78 is 69.9. The van der Waals surface area contributed by atoms with Crippen molar-refractivity contribution < 1.29 is 25.9 Å². The van der Waals surface area contributed by atoms with Gasteiger partial charge in [-0.25, -0.2) is 0 Å². The van der Waals surface area contributed by atoms with Crippen LogP contribution in [0.2, 0.25) is 10.6 Å². The maximum absolute atomic E-state index is 12.5. The summed E-state index contributed by atoms with van der Waals surface area (Å²) in [5, 5.41) is -0.877. The molecule has 19 heteroatoms. The molecule has 0 unspecified atom stereocenters. The van der Waals surface area contributed by atoms with Gasteiger partial charge in [0.05, 0.1) is 5.69 Å². The first-order valence-corrected chi connectivity index (χ1v) is 13.8. The smallest absolute Gasteiger partial charge is 0.297 e. The van der Waals surface area contributed by atoms with Crippen LogP contribution in [0.25, 0.3) is 11.1 Å². The quantitative estimate of drug-likeness (QED) is 0.118. The summed E-state index contributed by atoms with van der Waals surface area (Å²) in [6.45, 7) is 0. The summed E-state index contributed by atoms with van der Waals surface area (Å²) in [6, 6.07) is 8.69. The second-order valence-corrected chi connectivity index (χ2v) is 10.9.